The van der Waals surface area contributed by atoms with Gasteiger partial charge in [0.25, 0.3) is 0 Å². The van der Waals surface area contributed by atoms with Crippen molar-refractivity contribution in [3.63, 3.8) is 0 Å². The Balaban J connectivity index is 2.58. The Morgan fingerprint density at radius 1 is 1.24 bits per heavy atom. The van der Waals surface area contributed by atoms with Crippen LogP contribution in [0.25, 0.3) is 5.69 Å². The van der Waals surface area contributed by atoms with E-state index in [9.17, 15) is 0 Å². The summed E-state index contributed by atoms with van der Waals surface area (Å²) in [6, 6.07) is 5.80. The molecule has 1 aromatic carbocycles. The van der Waals surface area contributed by atoms with Crippen LogP contribution < -0.4 is 0 Å². The van der Waals surface area contributed by atoms with Gasteiger partial charge in [-0.2, -0.15) is 0 Å². The monoisotopic (exact) mass is 269 g/mol. The van der Waals surface area contributed by atoms with Gasteiger partial charge in [-0.3, -0.25) is 4.57 Å². The molecule has 17 heavy (non-hydrogen) atoms. The van der Waals surface area contributed by atoms with Crippen LogP contribution in [0.3, 0.4) is 0 Å². The SMILES string of the molecule is CCCc1nnc(Cl)n1-c1cc(C)ccc1Cl. The zero-order valence-electron chi connectivity index (χ0n) is 9.74. The highest BCUT2D eigenvalue weighted by Crippen LogP contribution is 2.26. The van der Waals surface area contributed by atoms with E-state index < -0.39 is 0 Å². The van der Waals surface area contributed by atoms with Crippen molar-refractivity contribution in [2.75, 3.05) is 0 Å². The number of aryl methyl sites for hydroxylation is 2. The van der Waals surface area contributed by atoms with Crippen molar-refractivity contribution in [3.05, 3.63) is 39.9 Å². The molecule has 0 N–H and O–H groups in total. The lowest BCUT2D eigenvalue weighted by atomic mass is 10.2. The summed E-state index contributed by atoms with van der Waals surface area (Å²) in [5.74, 6) is 0.838. The van der Waals surface area contributed by atoms with E-state index in [1.165, 1.54) is 0 Å². The van der Waals surface area contributed by atoms with E-state index in [0.29, 0.717) is 10.3 Å². The third kappa shape index (κ3) is 2.45. The minimum absolute atomic E-state index is 0.348. The molecule has 90 valence electrons. The van der Waals surface area contributed by atoms with Crippen molar-refractivity contribution >= 4 is 23.2 Å². The summed E-state index contributed by atoms with van der Waals surface area (Å²) in [7, 11) is 0. The van der Waals surface area contributed by atoms with E-state index in [0.717, 1.165) is 29.9 Å². The highest BCUT2D eigenvalue weighted by molar-refractivity contribution is 6.33. The zero-order chi connectivity index (χ0) is 12.4. The topological polar surface area (TPSA) is 30.7 Å². The Morgan fingerprint density at radius 3 is 2.71 bits per heavy atom. The standard InChI is InChI=1S/C12H13Cl2N3/c1-3-4-11-15-16-12(14)17(11)10-7-8(2)5-6-9(10)13/h5-7H,3-4H2,1-2H3. The van der Waals surface area contributed by atoms with Gasteiger partial charge in [0.15, 0.2) is 0 Å². The normalized spacial score (nSPS) is 10.8. The van der Waals surface area contributed by atoms with Crippen LogP contribution in [-0.2, 0) is 6.42 Å². The van der Waals surface area contributed by atoms with Gasteiger partial charge in [-0.25, -0.2) is 0 Å². The first kappa shape index (κ1) is 12.4. The third-order valence-electron chi connectivity index (χ3n) is 2.51. The van der Waals surface area contributed by atoms with Crippen molar-refractivity contribution in [2.24, 2.45) is 0 Å². The fourth-order valence-corrected chi connectivity index (χ4v) is 2.14. The summed E-state index contributed by atoms with van der Waals surface area (Å²) < 4.78 is 1.81. The van der Waals surface area contributed by atoms with Crippen molar-refractivity contribution in [2.45, 2.75) is 26.7 Å². The van der Waals surface area contributed by atoms with Gasteiger partial charge in [0.2, 0.25) is 5.28 Å². The van der Waals surface area contributed by atoms with Gasteiger partial charge < -0.3 is 0 Å². The minimum Gasteiger partial charge on any atom is -0.268 e. The Labute approximate surface area is 110 Å². The lowest BCUT2D eigenvalue weighted by Crippen LogP contribution is -2.02. The van der Waals surface area contributed by atoms with Gasteiger partial charge in [-0.05, 0) is 42.6 Å². The van der Waals surface area contributed by atoms with Crippen LogP contribution in [0.4, 0.5) is 0 Å². The summed E-state index contributed by atoms with van der Waals surface area (Å²) in [4.78, 5) is 0. The number of hydrogen-bond donors (Lipinski definition) is 0. The first-order valence-electron chi connectivity index (χ1n) is 5.49. The van der Waals surface area contributed by atoms with Crippen LogP contribution in [0.5, 0.6) is 0 Å². The number of benzene rings is 1. The van der Waals surface area contributed by atoms with Gasteiger partial charge in [0.1, 0.15) is 5.82 Å². The molecule has 2 aromatic rings. The molecular formula is C12H13Cl2N3. The van der Waals surface area contributed by atoms with Gasteiger partial charge in [0, 0.05) is 6.42 Å². The van der Waals surface area contributed by atoms with E-state index >= 15 is 0 Å². The predicted molar refractivity (Wildman–Crippen MR) is 70.1 cm³/mol. The van der Waals surface area contributed by atoms with Crippen molar-refractivity contribution < 1.29 is 0 Å². The van der Waals surface area contributed by atoms with Crippen molar-refractivity contribution in [3.8, 4) is 5.69 Å². The van der Waals surface area contributed by atoms with Gasteiger partial charge in [-0.15, -0.1) is 10.2 Å². The lowest BCUT2D eigenvalue weighted by Gasteiger charge is -2.10. The molecule has 2 rings (SSSR count). The van der Waals surface area contributed by atoms with E-state index in [2.05, 4.69) is 17.1 Å². The smallest absolute Gasteiger partial charge is 0.229 e. The molecule has 3 nitrogen and oxygen atoms in total. The fraction of sp³-hybridized carbons (Fsp3) is 0.333. The summed E-state index contributed by atoms with van der Waals surface area (Å²) in [6.07, 6.45) is 1.81. The molecule has 0 unspecified atom stereocenters. The molecule has 0 amide bonds. The predicted octanol–water partition coefficient (Wildman–Crippen LogP) is 3.84. The zero-order valence-corrected chi connectivity index (χ0v) is 11.3. The maximum Gasteiger partial charge on any atom is 0.229 e. The van der Waals surface area contributed by atoms with E-state index in [1.807, 2.05) is 25.1 Å². The summed E-state index contributed by atoms with van der Waals surface area (Å²) >= 11 is 12.3. The molecule has 0 atom stereocenters. The second kappa shape index (κ2) is 5.07. The van der Waals surface area contributed by atoms with Gasteiger partial charge in [0.05, 0.1) is 10.7 Å². The second-order valence-electron chi connectivity index (χ2n) is 3.93. The molecule has 0 radical (unpaired) electrons. The number of aromatic nitrogens is 3. The molecule has 0 aliphatic rings. The number of halogens is 2. The molecule has 0 spiro atoms. The summed E-state index contributed by atoms with van der Waals surface area (Å²) in [6.45, 7) is 4.10. The van der Waals surface area contributed by atoms with Crippen molar-refractivity contribution in [1.82, 2.24) is 14.8 Å². The molecule has 0 fully saturated rings. The van der Waals surface area contributed by atoms with E-state index in [-0.39, 0.29) is 0 Å². The van der Waals surface area contributed by atoms with E-state index in [4.69, 9.17) is 23.2 Å². The molecule has 0 aliphatic heterocycles. The average Bonchev–Trinajstić information content (AvgIpc) is 2.64. The minimum atomic E-state index is 0.348. The third-order valence-corrected chi connectivity index (χ3v) is 3.07. The molecule has 0 saturated carbocycles. The number of rotatable bonds is 3. The second-order valence-corrected chi connectivity index (χ2v) is 4.67. The maximum atomic E-state index is 6.20. The first-order chi connectivity index (χ1) is 8.13. The van der Waals surface area contributed by atoms with Crippen molar-refractivity contribution in [1.29, 1.82) is 0 Å². The molecule has 0 saturated heterocycles. The Hall–Kier alpha value is -1.06. The number of hydrogen-bond acceptors (Lipinski definition) is 2. The summed E-state index contributed by atoms with van der Waals surface area (Å²) in [5, 5.41) is 8.97. The maximum absolute atomic E-state index is 6.20. The largest absolute Gasteiger partial charge is 0.268 e. The molecule has 1 heterocycles. The lowest BCUT2D eigenvalue weighted by molar-refractivity contribution is 0.802. The number of nitrogens with zero attached hydrogens (tertiary/aromatic N) is 3. The molecular weight excluding hydrogens is 257 g/mol. The van der Waals surface area contributed by atoms with Crippen LogP contribution in [0, 0.1) is 6.92 Å². The van der Waals surface area contributed by atoms with Gasteiger partial charge >= 0.3 is 0 Å². The molecule has 0 bridgehead atoms. The first-order valence-corrected chi connectivity index (χ1v) is 6.25. The van der Waals surface area contributed by atoms with E-state index in [1.54, 1.807) is 4.57 Å². The Kier molecular flexibility index (Phi) is 3.69. The Morgan fingerprint density at radius 2 is 2.00 bits per heavy atom. The van der Waals surface area contributed by atoms with Crippen LogP contribution >= 0.6 is 23.2 Å². The van der Waals surface area contributed by atoms with Crippen LogP contribution in [-0.4, -0.2) is 14.8 Å². The highest BCUT2D eigenvalue weighted by atomic mass is 35.5. The molecule has 0 aliphatic carbocycles. The van der Waals surface area contributed by atoms with Crippen LogP contribution in [0.2, 0.25) is 10.3 Å². The fourth-order valence-electron chi connectivity index (χ4n) is 1.71. The molecule has 5 heteroatoms. The highest BCUT2D eigenvalue weighted by Gasteiger charge is 2.14. The van der Waals surface area contributed by atoms with Crippen LogP contribution in [0.1, 0.15) is 24.7 Å². The van der Waals surface area contributed by atoms with Gasteiger partial charge in [-0.1, -0.05) is 24.6 Å². The summed E-state index contributed by atoms with van der Waals surface area (Å²) in [5.41, 5.74) is 1.96. The quantitative estimate of drug-likeness (QED) is 0.848. The van der Waals surface area contributed by atoms with Crippen LogP contribution in [0.15, 0.2) is 18.2 Å². The molecule has 1 aromatic heterocycles. The average molecular weight is 270 g/mol. The Bertz CT molecular complexity index is 535.